The molecule has 0 saturated heterocycles. The number of benzene rings is 3. The lowest BCUT2D eigenvalue weighted by molar-refractivity contribution is 0.307. The fraction of sp³-hybridized carbons (Fsp3) is 0.222. The van der Waals surface area contributed by atoms with Gasteiger partial charge in [0.05, 0.1) is 17.8 Å². The van der Waals surface area contributed by atoms with Gasteiger partial charge in [0.25, 0.3) is 0 Å². The molecule has 0 N–H and O–H groups in total. The van der Waals surface area contributed by atoms with Crippen LogP contribution in [0.3, 0.4) is 0 Å². The molecule has 0 atom stereocenters. The zero-order valence-corrected chi connectivity index (χ0v) is 17.6. The molecule has 30 heavy (non-hydrogen) atoms. The molecule has 3 aromatic carbocycles. The van der Waals surface area contributed by atoms with Crippen LogP contribution in [-0.4, -0.2) is 11.6 Å². The van der Waals surface area contributed by atoms with Crippen LogP contribution in [0, 0.1) is 6.92 Å². The molecule has 3 heteroatoms. The number of para-hydroxylation sites is 1. The third-order valence-electron chi connectivity index (χ3n) is 5.13. The maximum Gasteiger partial charge on any atom is 0.119 e. The van der Waals surface area contributed by atoms with Gasteiger partial charge >= 0.3 is 0 Å². The zero-order valence-electron chi connectivity index (χ0n) is 17.6. The van der Waals surface area contributed by atoms with Gasteiger partial charge in [0.1, 0.15) is 18.1 Å². The molecule has 152 valence electrons. The summed E-state index contributed by atoms with van der Waals surface area (Å²) in [6.07, 6.45) is 2.20. The number of aromatic nitrogens is 1. The summed E-state index contributed by atoms with van der Waals surface area (Å²) < 4.78 is 11.9. The molecule has 0 fully saturated rings. The van der Waals surface area contributed by atoms with Gasteiger partial charge < -0.3 is 9.47 Å². The summed E-state index contributed by atoms with van der Waals surface area (Å²) in [5.41, 5.74) is 5.33. The molecule has 0 radical (unpaired) electrons. The lowest BCUT2D eigenvalue weighted by Crippen LogP contribution is -1.99. The summed E-state index contributed by atoms with van der Waals surface area (Å²) in [6, 6.07) is 26.7. The maximum absolute atomic E-state index is 6.07. The molecule has 0 saturated carbocycles. The molecule has 3 nitrogen and oxygen atoms in total. The monoisotopic (exact) mass is 397 g/mol. The lowest BCUT2D eigenvalue weighted by atomic mass is 10.0. The van der Waals surface area contributed by atoms with Crippen molar-refractivity contribution in [1.82, 2.24) is 4.98 Å². The minimum Gasteiger partial charge on any atom is -0.494 e. The number of pyridine rings is 1. The van der Waals surface area contributed by atoms with Gasteiger partial charge in [-0.2, -0.15) is 0 Å². The van der Waals surface area contributed by atoms with Gasteiger partial charge in [-0.05, 0) is 61.9 Å². The standard InChI is InChI=1S/C27H27NO2/c1-3-4-17-29-23-15-11-21(12-16-23)27-18-22(25-7-5-6-8-26(25)28-27)19-30-24-13-9-20(2)10-14-24/h5-16,18H,3-4,17,19H2,1-2H3. The zero-order chi connectivity index (χ0) is 20.8. The van der Waals surface area contributed by atoms with Gasteiger partial charge in [-0.25, -0.2) is 4.98 Å². The maximum atomic E-state index is 6.07. The van der Waals surface area contributed by atoms with E-state index in [1.165, 1.54) is 5.56 Å². The normalized spacial score (nSPS) is 10.9. The fourth-order valence-electron chi connectivity index (χ4n) is 3.37. The second-order valence-corrected chi connectivity index (χ2v) is 7.51. The van der Waals surface area contributed by atoms with Gasteiger partial charge in [0.2, 0.25) is 0 Å². The summed E-state index contributed by atoms with van der Waals surface area (Å²) >= 11 is 0. The number of fused-ring (bicyclic) bond motifs is 1. The van der Waals surface area contributed by atoms with Crippen molar-refractivity contribution in [3.8, 4) is 22.8 Å². The number of aryl methyl sites for hydroxylation is 1. The molecule has 0 unspecified atom stereocenters. The smallest absolute Gasteiger partial charge is 0.119 e. The molecule has 0 bridgehead atoms. The van der Waals surface area contributed by atoms with E-state index >= 15 is 0 Å². The van der Waals surface area contributed by atoms with Gasteiger partial charge in [0.15, 0.2) is 0 Å². The van der Waals surface area contributed by atoms with Crippen LogP contribution in [0.1, 0.15) is 30.9 Å². The lowest BCUT2D eigenvalue weighted by Gasteiger charge is -2.12. The first-order valence-corrected chi connectivity index (χ1v) is 10.5. The van der Waals surface area contributed by atoms with E-state index in [2.05, 4.69) is 56.3 Å². The molecule has 0 aliphatic carbocycles. The van der Waals surface area contributed by atoms with E-state index in [0.29, 0.717) is 6.61 Å². The molecule has 1 heterocycles. The van der Waals surface area contributed by atoms with Crippen LogP contribution < -0.4 is 9.47 Å². The SMILES string of the molecule is CCCCOc1ccc(-c2cc(COc3ccc(C)cc3)c3ccccc3n2)cc1. The van der Waals surface area contributed by atoms with Gasteiger partial charge in [-0.15, -0.1) is 0 Å². The van der Waals surface area contributed by atoms with Gasteiger partial charge in [-0.1, -0.05) is 49.2 Å². The van der Waals surface area contributed by atoms with Crippen LogP contribution in [0.15, 0.2) is 78.9 Å². The molecule has 4 rings (SSSR count). The second kappa shape index (κ2) is 9.45. The van der Waals surface area contributed by atoms with E-state index in [-0.39, 0.29) is 0 Å². The Morgan fingerprint density at radius 1 is 0.800 bits per heavy atom. The van der Waals surface area contributed by atoms with Crippen molar-refractivity contribution in [2.24, 2.45) is 0 Å². The third-order valence-corrected chi connectivity index (χ3v) is 5.13. The molecule has 4 aromatic rings. The van der Waals surface area contributed by atoms with Crippen molar-refractivity contribution in [1.29, 1.82) is 0 Å². The van der Waals surface area contributed by atoms with Gasteiger partial charge in [0, 0.05) is 16.5 Å². The Morgan fingerprint density at radius 2 is 1.50 bits per heavy atom. The van der Waals surface area contributed by atoms with Crippen molar-refractivity contribution in [3.05, 3.63) is 90.0 Å². The number of hydrogen-bond donors (Lipinski definition) is 0. The van der Waals surface area contributed by atoms with E-state index in [1.54, 1.807) is 0 Å². The summed E-state index contributed by atoms with van der Waals surface area (Å²) in [4.78, 5) is 4.88. The predicted molar refractivity (Wildman–Crippen MR) is 123 cm³/mol. The van der Waals surface area contributed by atoms with Crippen molar-refractivity contribution >= 4 is 10.9 Å². The minimum absolute atomic E-state index is 0.497. The van der Waals surface area contributed by atoms with E-state index in [9.17, 15) is 0 Å². The summed E-state index contributed by atoms with van der Waals surface area (Å²) in [5.74, 6) is 1.77. The Bertz CT molecular complexity index is 1100. The van der Waals surface area contributed by atoms with Gasteiger partial charge in [-0.3, -0.25) is 0 Å². The first-order valence-electron chi connectivity index (χ1n) is 10.5. The van der Waals surface area contributed by atoms with Crippen LogP contribution in [0.5, 0.6) is 11.5 Å². The number of unbranched alkanes of at least 4 members (excludes halogenated alkanes) is 1. The molecule has 0 aliphatic rings. The first-order chi connectivity index (χ1) is 14.7. The second-order valence-electron chi connectivity index (χ2n) is 7.51. The number of hydrogen-bond acceptors (Lipinski definition) is 3. The van der Waals surface area contributed by atoms with Crippen LogP contribution in [0.25, 0.3) is 22.2 Å². The Balaban J connectivity index is 1.60. The molecule has 0 aliphatic heterocycles. The van der Waals surface area contributed by atoms with Crippen LogP contribution in [0.2, 0.25) is 0 Å². The number of nitrogens with zero attached hydrogens (tertiary/aromatic N) is 1. The van der Waals surface area contributed by atoms with E-state index in [4.69, 9.17) is 14.5 Å². The molecular weight excluding hydrogens is 370 g/mol. The van der Waals surface area contributed by atoms with Crippen molar-refractivity contribution in [3.63, 3.8) is 0 Å². The van der Waals surface area contributed by atoms with Crippen LogP contribution in [0.4, 0.5) is 0 Å². The molecular formula is C27H27NO2. The van der Waals surface area contributed by atoms with Crippen molar-refractivity contribution in [2.45, 2.75) is 33.3 Å². The Hall–Kier alpha value is -3.33. The van der Waals surface area contributed by atoms with Crippen LogP contribution >= 0.6 is 0 Å². The summed E-state index contributed by atoms with van der Waals surface area (Å²) in [5, 5.41) is 1.12. The fourth-order valence-corrected chi connectivity index (χ4v) is 3.37. The Labute approximate surface area is 178 Å². The third kappa shape index (κ3) is 4.80. The Morgan fingerprint density at radius 3 is 2.27 bits per heavy atom. The Kier molecular flexibility index (Phi) is 6.29. The topological polar surface area (TPSA) is 31.4 Å². The largest absolute Gasteiger partial charge is 0.494 e. The summed E-state index contributed by atoms with van der Waals surface area (Å²) in [7, 11) is 0. The first kappa shape index (κ1) is 20.0. The highest BCUT2D eigenvalue weighted by Gasteiger charge is 2.09. The van der Waals surface area contributed by atoms with E-state index < -0.39 is 0 Å². The van der Waals surface area contributed by atoms with E-state index in [0.717, 1.165) is 58.7 Å². The number of ether oxygens (including phenoxy) is 2. The average molecular weight is 398 g/mol. The number of rotatable bonds is 8. The molecule has 0 amide bonds. The van der Waals surface area contributed by atoms with E-state index in [1.807, 2.05) is 36.4 Å². The van der Waals surface area contributed by atoms with Crippen molar-refractivity contribution < 1.29 is 9.47 Å². The highest BCUT2D eigenvalue weighted by Crippen LogP contribution is 2.27. The molecule has 0 spiro atoms. The quantitative estimate of drug-likeness (QED) is 0.301. The predicted octanol–water partition coefficient (Wildman–Crippen LogP) is 6.97. The van der Waals surface area contributed by atoms with Crippen LogP contribution in [-0.2, 0) is 6.61 Å². The van der Waals surface area contributed by atoms with Crippen molar-refractivity contribution in [2.75, 3.05) is 6.61 Å². The highest BCUT2D eigenvalue weighted by molar-refractivity contribution is 5.85. The highest BCUT2D eigenvalue weighted by atomic mass is 16.5. The molecule has 1 aromatic heterocycles. The average Bonchev–Trinajstić information content (AvgIpc) is 2.79. The summed E-state index contributed by atoms with van der Waals surface area (Å²) in [6.45, 7) is 5.49. The minimum atomic E-state index is 0.497.